The molecule has 3 heteroatoms. The molecule has 4 aliphatic carbocycles. The first-order valence-electron chi connectivity index (χ1n) is 19.8. The van der Waals surface area contributed by atoms with E-state index in [1.807, 2.05) is 0 Å². The number of ether oxygens (including phenoxy) is 1. The third-order valence-corrected chi connectivity index (χ3v) is 12.9. The summed E-state index contributed by atoms with van der Waals surface area (Å²) >= 11 is 0. The van der Waals surface area contributed by atoms with Crippen molar-refractivity contribution in [2.45, 2.75) is 69.3 Å². The summed E-state index contributed by atoms with van der Waals surface area (Å²) in [5, 5.41) is 1.34. The molecule has 6 aromatic rings. The van der Waals surface area contributed by atoms with Gasteiger partial charge in [-0.3, -0.25) is 0 Å². The molecule has 0 amide bonds. The lowest BCUT2D eigenvalue weighted by Crippen LogP contribution is -2.31. The molecule has 0 N–H and O–H groups in total. The summed E-state index contributed by atoms with van der Waals surface area (Å²) in [5.74, 6) is 1.82. The molecule has 0 fully saturated rings. The molecule has 54 heavy (non-hydrogen) atoms. The van der Waals surface area contributed by atoms with Gasteiger partial charge in [-0.1, -0.05) is 111 Å². The van der Waals surface area contributed by atoms with Crippen LogP contribution < -0.4 is 4.90 Å². The zero-order valence-corrected chi connectivity index (χ0v) is 31.0. The molecular formula is C51H44N2O. The second-order valence-electron chi connectivity index (χ2n) is 16.3. The van der Waals surface area contributed by atoms with Gasteiger partial charge in [-0.15, -0.1) is 0 Å². The second kappa shape index (κ2) is 12.1. The molecule has 0 saturated carbocycles. The summed E-state index contributed by atoms with van der Waals surface area (Å²) < 4.78 is 9.19. The van der Waals surface area contributed by atoms with E-state index in [9.17, 15) is 0 Å². The lowest BCUT2D eigenvalue weighted by Gasteiger charge is -2.31. The highest BCUT2D eigenvalue weighted by molar-refractivity contribution is 5.91. The molecule has 1 aliphatic heterocycles. The Morgan fingerprint density at radius 2 is 1.54 bits per heavy atom. The van der Waals surface area contributed by atoms with Crippen molar-refractivity contribution < 1.29 is 4.74 Å². The molecular weight excluding hydrogens is 657 g/mol. The molecule has 5 aromatic carbocycles. The molecule has 0 saturated heterocycles. The first-order chi connectivity index (χ1) is 26.5. The molecule has 1 aromatic heterocycles. The van der Waals surface area contributed by atoms with Gasteiger partial charge in [0.15, 0.2) is 0 Å². The summed E-state index contributed by atoms with van der Waals surface area (Å²) in [5.41, 5.74) is 17.0. The average Bonchev–Trinajstić information content (AvgIpc) is 3.85. The van der Waals surface area contributed by atoms with Crippen LogP contribution in [-0.2, 0) is 23.0 Å². The predicted molar refractivity (Wildman–Crippen MR) is 223 cm³/mol. The Labute approximate surface area is 318 Å². The first-order valence-corrected chi connectivity index (χ1v) is 19.8. The molecule has 3 nitrogen and oxygen atoms in total. The molecule has 0 spiro atoms. The van der Waals surface area contributed by atoms with E-state index < -0.39 is 0 Å². The molecule has 3 atom stereocenters. The van der Waals surface area contributed by atoms with Crippen molar-refractivity contribution in [2.24, 2.45) is 0 Å². The van der Waals surface area contributed by atoms with Gasteiger partial charge in [-0.05, 0) is 108 Å². The summed E-state index contributed by atoms with van der Waals surface area (Å²) in [6.45, 7) is 4.77. The van der Waals surface area contributed by atoms with Crippen molar-refractivity contribution in [2.75, 3.05) is 4.90 Å². The van der Waals surface area contributed by atoms with E-state index >= 15 is 0 Å². The topological polar surface area (TPSA) is 17.4 Å². The SMILES string of the molecule is CC1(C)c2cc(N(c3ccc(C4C=Cc5c(c6ccccc6n5-c5ccccc5)C4)cc3)c3cccc4c3C=CCC4)ccc2C2C3=C(CCC=C3)OC21. The first kappa shape index (κ1) is 31.7. The van der Waals surface area contributed by atoms with E-state index in [4.69, 9.17) is 4.74 Å². The summed E-state index contributed by atoms with van der Waals surface area (Å²) in [6.07, 6.45) is 19.5. The van der Waals surface area contributed by atoms with Crippen LogP contribution in [0.15, 0.2) is 151 Å². The highest BCUT2D eigenvalue weighted by Crippen LogP contribution is 2.58. The zero-order valence-electron chi connectivity index (χ0n) is 31.0. The van der Waals surface area contributed by atoms with Crippen LogP contribution in [0.4, 0.5) is 17.1 Å². The predicted octanol–water partition coefficient (Wildman–Crippen LogP) is 12.8. The highest BCUT2D eigenvalue weighted by Gasteiger charge is 2.53. The lowest BCUT2D eigenvalue weighted by atomic mass is 9.82. The smallest absolute Gasteiger partial charge is 0.118 e. The zero-order chi connectivity index (χ0) is 36.0. The summed E-state index contributed by atoms with van der Waals surface area (Å²) in [6, 6.07) is 43.1. The van der Waals surface area contributed by atoms with Crippen molar-refractivity contribution in [3.8, 4) is 5.69 Å². The van der Waals surface area contributed by atoms with Gasteiger partial charge in [-0.2, -0.15) is 0 Å². The maximum atomic E-state index is 6.77. The number of rotatable bonds is 5. The number of anilines is 3. The third-order valence-electron chi connectivity index (χ3n) is 12.9. The fraction of sp³-hybridized carbons (Fsp3) is 0.216. The van der Waals surface area contributed by atoms with Gasteiger partial charge in [0, 0.05) is 57.0 Å². The quantitative estimate of drug-likeness (QED) is 0.178. The van der Waals surface area contributed by atoms with Crippen LogP contribution in [0.5, 0.6) is 0 Å². The van der Waals surface area contributed by atoms with Crippen LogP contribution in [0.25, 0.3) is 28.7 Å². The number of aryl methyl sites for hydroxylation is 1. The van der Waals surface area contributed by atoms with Crippen LogP contribution in [0.1, 0.15) is 84.0 Å². The number of fused-ring (bicyclic) bond motifs is 8. The second-order valence-corrected chi connectivity index (χ2v) is 16.3. The van der Waals surface area contributed by atoms with Gasteiger partial charge in [0.2, 0.25) is 0 Å². The van der Waals surface area contributed by atoms with Crippen molar-refractivity contribution >= 4 is 40.1 Å². The number of allylic oxidation sites excluding steroid dienone is 5. The molecule has 264 valence electrons. The van der Waals surface area contributed by atoms with E-state index in [1.54, 1.807) is 0 Å². The molecule has 2 heterocycles. The number of hydrogen-bond acceptors (Lipinski definition) is 2. The Bertz CT molecular complexity index is 2600. The maximum absolute atomic E-state index is 6.77. The highest BCUT2D eigenvalue weighted by atomic mass is 16.5. The van der Waals surface area contributed by atoms with Crippen LogP contribution >= 0.6 is 0 Å². The standard InChI is InChI=1S/C51H44N2O/c1-51(2)44-32-38(28-29-41(44)49-42-19-9-11-22-48(42)54-50(49)51)52(45-21-12-14-34-13-6-7-17-39(34)45)37-26-23-33(24-27-37)35-25-30-47-43(31-35)40-18-8-10-20-46(40)53(47)36-15-4-3-5-16-36/h3-5,7-10,12,14-21,23-30,32,35,49-50H,6,11,13,22,31H2,1-2H3. The fourth-order valence-electron chi connectivity index (χ4n) is 10.2. The Hall–Kier alpha value is -5.80. The number of benzene rings is 5. The van der Waals surface area contributed by atoms with Crippen LogP contribution in [-0.4, -0.2) is 10.7 Å². The van der Waals surface area contributed by atoms with Crippen molar-refractivity contribution in [1.29, 1.82) is 0 Å². The number of aromatic nitrogens is 1. The number of hydrogen-bond donors (Lipinski definition) is 0. The fourth-order valence-corrected chi connectivity index (χ4v) is 10.2. The van der Waals surface area contributed by atoms with Gasteiger partial charge >= 0.3 is 0 Å². The van der Waals surface area contributed by atoms with E-state index in [0.717, 1.165) is 32.1 Å². The van der Waals surface area contributed by atoms with E-state index in [2.05, 4.69) is 175 Å². The average molecular weight is 701 g/mol. The van der Waals surface area contributed by atoms with Crippen LogP contribution in [0.2, 0.25) is 0 Å². The third kappa shape index (κ3) is 4.73. The monoisotopic (exact) mass is 700 g/mol. The van der Waals surface area contributed by atoms with E-state index in [-0.39, 0.29) is 11.5 Å². The molecule has 11 rings (SSSR count). The van der Waals surface area contributed by atoms with Crippen LogP contribution in [0, 0.1) is 0 Å². The normalized spacial score (nSPS) is 21.3. The van der Waals surface area contributed by atoms with Gasteiger partial charge in [0.25, 0.3) is 0 Å². The van der Waals surface area contributed by atoms with Crippen LogP contribution in [0.3, 0.4) is 0 Å². The minimum absolute atomic E-state index is 0.109. The van der Waals surface area contributed by atoms with E-state index in [1.165, 1.54) is 84.1 Å². The Morgan fingerprint density at radius 1 is 0.741 bits per heavy atom. The van der Waals surface area contributed by atoms with E-state index in [0.29, 0.717) is 11.8 Å². The number of nitrogens with zero attached hydrogens (tertiary/aromatic N) is 2. The lowest BCUT2D eigenvalue weighted by molar-refractivity contribution is 0.0781. The van der Waals surface area contributed by atoms with Gasteiger partial charge in [0.1, 0.15) is 11.9 Å². The minimum Gasteiger partial charge on any atom is -0.493 e. The van der Waals surface area contributed by atoms with Crippen molar-refractivity contribution in [1.82, 2.24) is 4.57 Å². The number of para-hydroxylation sites is 2. The molecule has 0 radical (unpaired) electrons. The van der Waals surface area contributed by atoms with Crippen molar-refractivity contribution in [3.05, 3.63) is 190 Å². The maximum Gasteiger partial charge on any atom is 0.118 e. The Kier molecular flexibility index (Phi) is 7.11. The van der Waals surface area contributed by atoms with Gasteiger partial charge in [0.05, 0.1) is 17.1 Å². The largest absolute Gasteiger partial charge is 0.493 e. The Morgan fingerprint density at radius 3 is 2.43 bits per heavy atom. The molecule has 0 bridgehead atoms. The van der Waals surface area contributed by atoms with Crippen molar-refractivity contribution in [3.63, 3.8) is 0 Å². The van der Waals surface area contributed by atoms with Gasteiger partial charge in [-0.25, -0.2) is 0 Å². The minimum atomic E-state index is -0.109. The summed E-state index contributed by atoms with van der Waals surface area (Å²) in [4.78, 5) is 2.50. The molecule has 5 aliphatic rings. The van der Waals surface area contributed by atoms with Gasteiger partial charge < -0.3 is 14.2 Å². The molecule has 3 unspecified atom stereocenters. The Balaban J connectivity index is 0.986. The summed E-state index contributed by atoms with van der Waals surface area (Å²) in [7, 11) is 0.